The second kappa shape index (κ2) is 6.01. The van der Waals surface area contributed by atoms with Gasteiger partial charge in [-0.25, -0.2) is 4.39 Å². The Morgan fingerprint density at radius 3 is 2.57 bits per heavy atom. The molecule has 0 bridgehead atoms. The minimum Gasteiger partial charge on any atom is -0.369 e. The molecule has 0 aliphatic carbocycles. The molecule has 2 unspecified atom stereocenters. The van der Waals surface area contributed by atoms with Gasteiger partial charge in [0, 0.05) is 5.92 Å². The molecule has 0 radical (unpaired) electrons. The maximum atomic E-state index is 13.1. The van der Waals surface area contributed by atoms with Crippen LogP contribution >= 0.6 is 0 Å². The van der Waals surface area contributed by atoms with Crippen molar-refractivity contribution in [3.8, 4) is 0 Å². The van der Waals surface area contributed by atoms with Crippen molar-refractivity contribution < 1.29 is 9.13 Å². The highest BCUT2D eigenvalue weighted by atomic mass is 19.1. The lowest BCUT2D eigenvalue weighted by molar-refractivity contribution is -0.0780. The molecule has 0 saturated carbocycles. The van der Waals surface area contributed by atoms with Crippen molar-refractivity contribution in [1.29, 1.82) is 0 Å². The molecule has 118 valence electrons. The summed E-state index contributed by atoms with van der Waals surface area (Å²) in [5.41, 5.74) is 0.523. The number of pyridine rings is 1. The molecule has 21 heavy (non-hydrogen) atoms. The van der Waals surface area contributed by atoms with E-state index in [9.17, 15) is 4.39 Å². The fourth-order valence-electron chi connectivity index (χ4n) is 3.45. The van der Waals surface area contributed by atoms with Crippen molar-refractivity contribution >= 4 is 0 Å². The monoisotopic (exact) mass is 294 g/mol. The SMILES string of the molecule is CCCNC(c1ccc(F)cn1)C1CC(C)(C)OC1(C)C. The van der Waals surface area contributed by atoms with E-state index in [4.69, 9.17) is 4.74 Å². The highest BCUT2D eigenvalue weighted by molar-refractivity contribution is 5.14. The van der Waals surface area contributed by atoms with Crippen molar-refractivity contribution in [2.45, 2.75) is 64.7 Å². The molecule has 1 aromatic heterocycles. The van der Waals surface area contributed by atoms with E-state index < -0.39 is 0 Å². The Morgan fingerprint density at radius 1 is 1.38 bits per heavy atom. The Morgan fingerprint density at radius 2 is 2.10 bits per heavy atom. The van der Waals surface area contributed by atoms with Crippen LogP contribution in [0.1, 0.15) is 59.2 Å². The number of ether oxygens (including phenoxy) is 1. The Bertz CT molecular complexity index is 470. The zero-order chi connectivity index (χ0) is 15.7. The first-order valence-electron chi connectivity index (χ1n) is 7.80. The predicted molar refractivity (Wildman–Crippen MR) is 82.6 cm³/mol. The van der Waals surface area contributed by atoms with Crippen molar-refractivity contribution in [3.63, 3.8) is 0 Å². The summed E-state index contributed by atoms with van der Waals surface area (Å²) in [6.07, 6.45) is 3.31. The number of hydrogen-bond donors (Lipinski definition) is 1. The predicted octanol–water partition coefficient (Wildman–Crippen LogP) is 3.86. The molecule has 3 nitrogen and oxygen atoms in total. The van der Waals surface area contributed by atoms with Crippen LogP contribution in [-0.2, 0) is 4.74 Å². The number of nitrogens with zero attached hydrogens (tertiary/aromatic N) is 1. The topological polar surface area (TPSA) is 34.2 Å². The summed E-state index contributed by atoms with van der Waals surface area (Å²) in [6.45, 7) is 11.6. The van der Waals surface area contributed by atoms with Gasteiger partial charge in [-0.05, 0) is 59.2 Å². The molecule has 1 N–H and O–H groups in total. The summed E-state index contributed by atoms with van der Waals surface area (Å²) >= 11 is 0. The number of nitrogens with one attached hydrogen (secondary N) is 1. The van der Waals surface area contributed by atoms with Gasteiger partial charge in [0.2, 0.25) is 0 Å². The number of halogens is 1. The fraction of sp³-hybridized carbons (Fsp3) is 0.706. The normalized spacial score (nSPS) is 25.0. The molecule has 1 aromatic rings. The van der Waals surface area contributed by atoms with Gasteiger partial charge in [0.15, 0.2) is 0 Å². The first-order valence-corrected chi connectivity index (χ1v) is 7.80. The number of aromatic nitrogens is 1. The fourth-order valence-corrected chi connectivity index (χ4v) is 3.45. The third-order valence-electron chi connectivity index (χ3n) is 4.23. The third kappa shape index (κ3) is 3.80. The summed E-state index contributed by atoms with van der Waals surface area (Å²) in [5, 5.41) is 3.58. The Balaban J connectivity index is 2.29. The molecule has 2 atom stereocenters. The Kier molecular flexibility index (Phi) is 4.69. The standard InChI is InChI=1S/C17H27FN2O/c1-6-9-19-15(14-8-7-12(18)11-20-14)13-10-16(2,3)21-17(13,4)5/h7-8,11,13,15,19H,6,9-10H2,1-5H3. The first kappa shape index (κ1) is 16.4. The van der Waals surface area contributed by atoms with Crippen LogP contribution < -0.4 is 5.32 Å². The summed E-state index contributed by atoms with van der Waals surface area (Å²) in [4.78, 5) is 4.30. The average molecular weight is 294 g/mol. The Hall–Kier alpha value is -1.00. The summed E-state index contributed by atoms with van der Waals surface area (Å²) < 4.78 is 19.4. The van der Waals surface area contributed by atoms with Crippen LogP contribution in [0.3, 0.4) is 0 Å². The van der Waals surface area contributed by atoms with E-state index in [2.05, 4.69) is 44.9 Å². The number of rotatable bonds is 5. The minimum absolute atomic E-state index is 0.0855. The van der Waals surface area contributed by atoms with Gasteiger partial charge in [-0.2, -0.15) is 0 Å². The van der Waals surface area contributed by atoms with Gasteiger partial charge < -0.3 is 10.1 Å². The lowest BCUT2D eigenvalue weighted by Crippen LogP contribution is -2.39. The third-order valence-corrected chi connectivity index (χ3v) is 4.23. The zero-order valence-electron chi connectivity index (χ0n) is 13.7. The number of hydrogen-bond acceptors (Lipinski definition) is 3. The molecule has 1 aliphatic rings. The largest absolute Gasteiger partial charge is 0.369 e. The lowest BCUT2D eigenvalue weighted by atomic mass is 9.80. The van der Waals surface area contributed by atoms with Crippen LogP contribution in [-0.4, -0.2) is 22.7 Å². The van der Waals surface area contributed by atoms with Gasteiger partial charge in [-0.15, -0.1) is 0 Å². The highest BCUT2D eigenvalue weighted by Crippen LogP contribution is 2.47. The van der Waals surface area contributed by atoms with Crippen LogP contribution in [0.15, 0.2) is 18.3 Å². The molecule has 1 saturated heterocycles. The van der Waals surface area contributed by atoms with Gasteiger partial charge in [0.05, 0.1) is 29.1 Å². The van der Waals surface area contributed by atoms with E-state index in [1.54, 1.807) is 6.07 Å². The van der Waals surface area contributed by atoms with Crippen LogP contribution in [0.5, 0.6) is 0 Å². The lowest BCUT2D eigenvalue weighted by Gasteiger charge is -2.33. The van der Waals surface area contributed by atoms with Crippen LogP contribution in [0.25, 0.3) is 0 Å². The maximum Gasteiger partial charge on any atom is 0.141 e. The van der Waals surface area contributed by atoms with Crippen LogP contribution in [0, 0.1) is 11.7 Å². The maximum absolute atomic E-state index is 13.1. The van der Waals surface area contributed by atoms with Gasteiger partial charge in [0.1, 0.15) is 5.82 Å². The highest BCUT2D eigenvalue weighted by Gasteiger charge is 2.49. The molecule has 1 aliphatic heterocycles. The van der Waals surface area contributed by atoms with Gasteiger partial charge in [-0.1, -0.05) is 6.92 Å². The smallest absolute Gasteiger partial charge is 0.141 e. The molecule has 2 rings (SSSR count). The van der Waals surface area contributed by atoms with Gasteiger partial charge >= 0.3 is 0 Å². The van der Waals surface area contributed by atoms with Gasteiger partial charge in [-0.3, -0.25) is 4.98 Å². The minimum atomic E-state index is -0.296. The molecule has 4 heteroatoms. The van der Waals surface area contributed by atoms with E-state index in [1.807, 2.05) is 0 Å². The molecule has 0 amide bonds. The molecular weight excluding hydrogens is 267 g/mol. The molecular formula is C17H27FN2O. The molecule has 0 spiro atoms. The van der Waals surface area contributed by atoms with E-state index in [1.165, 1.54) is 12.3 Å². The van der Waals surface area contributed by atoms with Crippen LogP contribution in [0.2, 0.25) is 0 Å². The average Bonchev–Trinajstić information content (AvgIpc) is 2.60. The second-order valence-corrected chi connectivity index (χ2v) is 7.11. The molecule has 0 aromatic carbocycles. The van der Waals surface area contributed by atoms with E-state index in [0.717, 1.165) is 25.1 Å². The summed E-state index contributed by atoms with van der Waals surface area (Å²) in [5.74, 6) is 0.00673. The second-order valence-electron chi connectivity index (χ2n) is 7.11. The van der Waals surface area contributed by atoms with Crippen molar-refractivity contribution in [2.24, 2.45) is 5.92 Å². The molecule has 2 heterocycles. The quantitative estimate of drug-likeness (QED) is 0.895. The van der Waals surface area contributed by atoms with Crippen molar-refractivity contribution in [1.82, 2.24) is 10.3 Å². The van der Waals surface area contributed by atoms with Crippen molar-refractivity contribution in [3.05, 3.63) is 29.8 Å². The van der Waals surface area contributed by atoms with Gasteiger partial charge in [0.25, 0.3) is 0 Å². The first-order chi connectivity index (χ1) is 9.75. The summed E-state index contributed by atoms with van der Waals surface area (Å²) in [6, 6.07) is 3.35. The Labute approximate surface area is 127 Å². The summed E-state index contributed by atoms with van der Waals surface area (Å²) in [7, 11) is 0. The van der Waals surface area contributed by atoms with E-state index >= 15 is 0 Å². The zero-order valence-corrected chi connectivity index (χ0v) is 13.7. The van der Waals surface area contributed by atoms with E-state index in [-0.39, 0.29) is 23.1 Å². The molecule has 1 fully saturated rings. The van der Waals surface area contributed by atoms with E-state index in [0.29, 0.717) is 5.92 Å². The van der Waals surface area contributed by atoms with Crippen molar-refractivity contribution in [2.75, 3.05) is 6.54 Å². The van der Waals surface area contributed by atoms with Crippen LogP contribution in [0.4, 0.5) is 4.39 Å².